The van der Waals surface area contributed by atoms with E-state index in [0.29, 0.717) is 38.1 Å². The summed E-state index contributed by atoms with van der Waals surface area (Å²) in [5, 5.41) is 16.2. The number of nitrogens with one attached hydrogen (secondary N) is 1. The molecule has 0 spiro atoms. The number of hydrogen-bond donors (Lipinski definition) is 2. The van der Waals surface area contributed by atoms with Crippen molar-refractivity contribution < 1.29 is 14.7 Å². The van der Waals surface area contributed by atoms with Gasteiger partial charge in [0.25, 0.3) is 5.91 Å². The van der Waals surface area contributed by atoms with Gasteiger partial charge in [0.15, 0.2) is 0 Å². The first-order valence-corrected chi connectivity index (χ1v) is 7.46. The van der Waals surface area contributed by atoms with Crippen LogP contribution >= 0.6 is 0 Å². The zero-order chi connectivity index (χ0) is 15.5. The number of aryl methyl sites for hydroxylation is 1. The molecule has 2 N–H and O–H groups in total. The minimum atomic E-state index is -0.827. The molecule has 2 heterocycles. The lowest BCUT2D eigenvalue weighted by atomic mass is 9.76. The highest BCUT2D eigenvalue weighted by Crippen LogP contribution is 2.35. The molecule has 1 unspecified atom stereocenters. The average molecular weight is 294 g/mol. The minimum absolute atomic E-state index is 0.129. The highest BCUT2D eigenvalue weighted by molar-refractivity contribution is 5.91. The summed E-state index contributed by atoms with van der Waals surface area (Å²) in [6.45, 7) is 4.69. The number of rotatable bonds is 5. The van der Waals surface area contributed by atoms with Gasteiger partial charge in [-0.2, -0.15) is 0 Å². The second kappa shape index (κ2) is 6.24. The lowest BCUT2D eigenvalue weighted by Crippen LogP contribution is -2.50. The molecule has 1 fully saturated rings. The zero-order valence-electron chi connectivity index (χ0n) is 12.6. The van der Waals surface area contributed by atoms with Gasteiger partial charge in [-0.15, -0.1) is 5.10 Å². The summed E-state index contributed by atoms with van der Waals surface area (Å²) in [4.78, 5) is 29.8. The third kappa shape index (κ3) is 3.06. The molecule has 1 aliphatic rings. The van der Waals surface area contributed by atoms with E-state index in [1.807, 2.05) is 13.8 Å². The summed E-state index contributed by atoms with van der Waals surface area (Å²) < 4.78 is 0. The summed E-state index contributed by atoms with van der Waals surface area (Å²) >= 11 is 0. The molecule has 7 heteroatoms. The molecular weight excluding hydrogens is 272 g/mol. The van der Waals surface area contributed by atoms with Crippen LogP contribution in [0, 0.1) is 5.41 Å². The van der Waals surface area contributed by atoms with Gasteiger partial charge >= 0.3 is 5.97 Å². The number of hydrogen-bond acceptors (Lipinski definition) is 4. The molecule has 1 aromatic heterocycles. The van der Waals surface area contributed by atoms with Crippen LogP contribution in [0.1, 0.15) is 56.0 Å². The number of aromatic amines is 1. The molecule has 0 saturated carbocycles. The Hall–Kier alpha value is -1.92. The summed E-state index contributed by atoms with van der Waals surface area (Å²) in [5.41, 5.74) is -0.827. The van der Waals surface area contributed by atoms with Crippen molar-refractivity contribution >= 4 is 11.9 Å². The number of nitrogens with zero attached hydrogens (tertiary/aromatic N) is 3. The maximum Gasteiger partial charge on any atom is 0.311 e. The van der Waals surface area contributed by atoms with E-state index in [9.17, 15) is 14.7 Å². The van der Waals surface area contributed by atoms with Crippen molar-refractivity contribution in [1.82, 2.24) is 20.1 Å². The van der Waals surface area contributed by atoms with E-state index in [-0.39, 0.29) is 18.3 Å². The molecule has 7 nitrogen and oxygen atoms in total. The Balaban J connectivity index is 2.16. The van der Waals surface area contributed by atoms with Gasteiger partial charge in [-0.25, -0.2) is 4.98 Å². The van der Waals surface area contributed by atoms with Crippen LogP contribution in [0.25, 0.3) is 0 Å². The smallest absolute Gasteiger partial charge is 0.311 e. The number of H-pyrrole nitrogens is 1. The van der Waals surface area contributed by atoms with Gasteiger partial charge in [0.05, 0.1) is 5.41 Å². The number of carboxylic acid groups (broad SMARTS) is 1. The second-order valence-electron chi connectivity index (χ2n) is 5.63. The van der Waals surface area contributed by atoms with Crippen molar-refractivity contribution in [3.63, 3.8) is 0 Å². The van der Waals surface area contributed by atoms with Crippen LogP contribution in [0.3, 0.4) is 0 Å². The fourth-order valence-corrected chi connectivity index (χ4v) is 2.96. The van der Waals surface area contributed by atoms with Gasteiger partial charge in [-0.3, -0.25) is 14.7 Å². The highest BCUT2D eigenvalue weighted by Gasteiger charge is 2.43. The molecule has 1 amide bonds. The Morgan fingerprint density at radius 3 is 2.76 bits per heavy atom. The largest absolute Gasteiger partial charge is 0.481 e. The van der Waals surface area contributed by atoms with E-state index in [2.05, 4.69) is 15.2 Å². The van der Waals surface area contributed by atoms with Crippen molar-refractivity contribution in [3.05, 3.63) is 11.6 Å². The van der Waals surface area contributed by atoms with Crippen LogP contribution in [0.5, 0.6) is 0 Å². The summed E-state index contributed by atoms with van der Waals surface area (Å²) in [5.74, 6) is -0.309. The number of amides is 1. The topological polar surface area (TPSA) is 99.2 Å². The molecule has 0 aliphatic carbocycles. The van der Waals surface area contributed by atoms with Gasteiger partial charge in [-0.05, 0) is 19.3 Å². The van der Waals surface area contributed by atoms with Crippen molar-refractivity contribution in [2.45, 2.75) is 46.0 Å². The van der Waals surface area contributed by atoms with Gasteiger partial charge in [0.2, 0.25) is 5.82 Å². The minimum Gasteiger partial charge on any atom is -0.481 e. The number of likely N-dealkylation sites (tertiary alicyclic amines) is 1. The Kier molecular flexibility index (Phi) is 4.59. The van der Waals surface area contributed by atoms with E-state index in [1.54, 1.807) is 4.90 Å². The van der Waals surface area contributed by atoms with E-state index in [4.69, 9.17) is 0 Å². The van der Waals surface area contributed by atoms with Crippen molar-refractivity contribution in [3.8, 4) is 0 Å². The summed E-state index contributed by atoms with van der Waals surface area (Å²) in [7, 11) is 0. The Morgan fingerprint density at radius 2 is 2.19 bits per heavy atom. The first-order valence-electron chi connectivity index (χ1n) is 7.46. The first kappa shape index (κ1) is 15.5. The highest BCUT2D eigenvalue weighted by atomic mass is 16.4. The van der Waals surface area contributed by atoms with Crippen molar-refractivity contribution in [2.75, 3.05) is 13.1 Å². The first-order chi connectivity index (χ1) is 10.0. The molecular formula is C14H22N4O3. The second-order valence-corrected chi connectivity index (χ2v) is 5.63. The molecule has 1 saturated heterocycles. The Bertz CT molecular complexity index is 524. The number of carboxylic acids is 1. The predicted octanol–water partition coefficient (Wildman–Crippen LogP) is 1.47. The van der Waals surface area contributed by atoms with Crippen LogP contribution in [0.15, 0.2) is 0 Å². The third-order valence-corrected chi connectivity index (χ3v) is 4.10. The Morgan fingerprint density at radius 1 is 1.43 bits per heavy atom. The summed E-state index contributed by atoms with van der Waals surface area (Å²) in [6.07, 6.45) is 3.36. The van der Waals surface area contributed by atoms with Crippen LogP contribution in [-0.4, -0.2) is 50.2 Å². The van der Waals surface area contributed by atoms with Crippen molar-refractivity contribution in [1.29, 1.82) is 0 Å². The standard InChI is InChI=1S/C14H22N4O3/c1-3-6-14(13(20)21)7-5-8-18(9-14)12(19)11-15-10(4-2)16-17-11/h3-9H2,1-2H3,(H,20,21)(H,15,16,17). The molecule has 2 rings (SSSR count). The van der Waals surface area contributed by atoms with Crippen molar-refractivity contribution in [2.24, 2.45) is 5.41 Å². The number of carbonyl (C=O) groups is 2. The molecule has 0 aromatic carbocycles. The predicted molar refractivity (Wildman–Crippen MR) is 75.9 cm³/mol. The van der Waals surface area contributed by atoms with Gasteiger partial charge in [-0.1, -0.05) is 20.3 Å². The van der Waals surface area contributed by atoms with E-state index in [0.717, 1.165) is 6.42 Å². The van der Waals surface area contributed by atoms with Crippen LogP contribution < -0.4 is 0 Å². The molecule has 21 heavy (non-hydrogen) atoms. The molecule has 1 atom stereocenters. The fraction of sp³-hybridized carbons (Fsp3) is 0.714. The maximum absolute atomic E-state index is 12.4. The molecule has 116 valence electrons. The maximum atomic E-state index is 12.4. The number of piperidine rings is 1. The van der Waals surface area contributed by atoms with E-state index >= 15 is 0 Å². The zero-order valence-corrected chi connectivity index (χ0v) is 12.6. The number of aromatic nitrogens is 3. The van der Waals surface area contributed by atoms with Gasteiger partial charge in [0.1, 0.15) is 5.82 Å². The van der Waals surface area contributed by atoms with E-state index in [1.165, 1.54) is 0 Å². The van der Waals surface area contributed by atoms with Crippen LogP contribution in [0.4, 0.5) is 0 Å². The average Bonchev–Trinajstić information content (AvgIpc) is 2.96. The fourth-order valence-electron chi connectivity index (χ4n) is 2.96. The number of aliphatic carboxylic acids is 1. The van der Waals surface area contributed by atoms with E-state index < -0.39 is 11.4 Å². The van der Waals surface area contributed by atoms with Gasteiger partial charge < -0.3 is 10.0 Å². The van der Waals surface area contributed by atoms with Crippen LogP contribution in [-0.2, 0) is 11.2 Å². The molecule has 0 radical (unpaired) electrons. The normalized spacial score (nSPS) is 22.3. The monoisotopic (exact) mass is 294 g/mol. The Labute approximate surface area is 123 Å². The van der Waals surface area contributed by atoms with Gasteiger partial charge in [0, 0.05) is 19.5 Å². The SMILES string of the molecule is CCCC1(C(=O)O)CCCN(C(=O)c2n[nH]c(CC)n2)C1. The third-order valence-electron chi connectivity index (χ3n) is 4.10. The lowest BCUT2D eigenvalue weighted by molar-refractivity contribution is -0.152. The summed E-state index contributed by atoms with van der Waals surface area (Å²) in [6, 6.07) is 0. The molecule has 0 bridgehead atoms. The quantitative estimate of drug-likeness (QED) is 0.856. The van der Waals surface area contributed by atoms with Crippen LogP contribution in [0.2, 0.25) is 0 Å². The number of carbonyl (C=O) groups excluding carboxylic acids is 1. The molecule has 1 aromatic rings. The molecule has 1 aliphatic heterocycles. The lowest BCUT2D eigenvalue weighted by Gasteiger charge is -2.39.